The number of amides is 1. The van der Waals surface area contributed by atoms with E-state index in [1.165, 1.54) is 28.6 Å². The number of benzene rings is 2. The van der Waals surface area contributed by atoms with Crippen molar-refractivity contribution in [2.24, 2.45) is 0 Å². The zero-order chi connectivity index (χ0) is 21.8. The Morgan fingerprint density at radius 2 is 1.63 bits per heavy atom. The van der Waals surface area contributed by atoms with Crippen molar-refractivity contribution in [1.82, 2.24) is 9.62 Å². The molecule has 0 aromatic heterocycles. The molecule has 30 heavy (non-hydrogen) atoms. The third-order valence-corrected chi connectivity index (χ3v) is 6.25. The van der Waals surface area contributed by atoms with Crippen molar-refractivity contribution < 1.29 is 35.9 Å². The third kappa shape index (κ3) is 5.71. The van der Waals surface area contributed by atoms with E-state index in [-0.39, 0.29) is 17.0 Å². The summed E-state index contributed by atoms with van der Waals surface area (Å²) in [6, 6.07) is 10.6. The van der Waals surface area contributed by atoms with Crippen LogP contribution in [-0.2, 0) is 21.3 Å². The Labute approximate surface area is 171 Å². The van der Waals surface area contributed by atoms with Crippen LogP contribution in [0, 0.1) is 0 Å². The van der Waals surface area contributed by atoms with Crippen LogP contribution >= 0.6 is 0 Å². The Morgan fingerprint density at radius 1 is 1.03 bits per heavy atom. The van der Waals surface area contributed by atoms with Crippen LogP contribution in [0.15, 0.2) is 53.4 Å². The molecule has 0 atom stereocenters. The number of hydrogen-bond donors (Lipinski definition) is 1. The summed E-state index contributed by atoms with van der Waals surface area (Å²) in [5.41, 5.74) is 0.831. The van der Waals surface area contributed by atoms with Crippen molar-refractivity contribution >= 4 is 15.9 Å². The Hall–Kier alpha value is -2.63. The molecule has 2 aromatic rings. The van der Waals surface area contributed by atoms with Crippen molar-refractivity contribution in [3.05, 3.63) is 59.7 Å². The van der Waals surface area contributed by atoms with Gasteiger partial charge in [0.1, 0.15) is 5.75 Å². The van der Waals surface area contributed by atoms with Gasteiger partial charge in [-0.25, -0.2) is 8.42 Å². The van der Waals surface area contributed by atoms with E-state index in [1.54, 1.807) is 12.1 Å². The van der Waals surface area contributed by atoms with E-state index in [2.05, 4.69) is 10.1 Å². The standard InChI is InChI=1S/C19H19F3N2O5S/c20-19(21,22)29-16-5-3-15(4-6-16)18(25)23-13-14-1-7-17(8-2-14)30(26,27)24-9-11-28-12-10-24/h1-8H,9-13H2,(H,23,25). The summed E-state index contributed by atoms with van der Waals surface area (Å²) < 4.78 is 72.0. The van der Waals surface area contributed by atoms with E-state index in [9.17, 15) is 26.4 Å². The molecule has 7 nitrogen and oxygen atoms in total. The quantitative estimate of drug-likeness (QED) is 0.740. The summed E-state index contributed by atoms with van der Waals surface area (Å²) >= 11 is 0. The first-order chi connectivity index (χ1) is 14.1. The molecule has 0 spiro atoms. The van der Waals surface area contributed by atoms with Crippen LogP contribution in [0.1, 0.15) is 15.9 Å². The van der Waals surface area contributed by atoms with Gasteiger partial charge in [0, 0.05) is 25.2 Å². The minimum Gasteiger partial charge on any atom is -0.406 e. The van der Waals surface area contributed by atoms with Gasteiger partial charge in [0.25, 0.3) is 5.91 Å². The maximum Gasteiger partial charge on any atom is 0.573 e. The van der Waals surface area contributed by atoms with Crippen molar-refractivity contribution in [2.45, 2.75) is 17.8 Å². The second kappa shape index (κ2) is 9.02. The molecular formula is C19H19F3N2O5S. The molecule has 1 aliphatic rings. The number of morpholine rings is 1. The van der Waals surface area contributed by atoms with Crippen LogP contribution in [0.25, 0.3) is 0 Å². The average Bonchev–Trinajstić information content (AvgIpc) is 2.72. The largest absolute Gasteiger partial charge is 0.573 e. The molecule has 0 bridgehead atoms. The molecule has 1 aliphatic heterocycles. The zero-order valence-electron chi connectivity index (χ0n) is 15.7. The van der Waals surface area contributed by atoms with Gasteiger partial charge in [-0.15, -0.1) is 13.2 Å². The van der Waals surface area contributed by atoms with Gasteiger partial charge in [-0.3, -0.25) is 4.79 Å². The molecule has 3 rings (SSSR count). The zero-order valence-corrected chi connectivity index (χ0v) is 16.5. The lowest BCUT2D eigenvalue weighted by molar-refractivity contribution is -0.274. The first kappa shape index (κ1) is 22.1. The van der Waals surface area contributed by atoms with Crippen molar-refractivity contribution in [3.8, 4) is 5.75 Å². The number of carbonyl (C=O) groups is 1. The van der Waals surface area contributed by atoms with E-state index < -0.39 is 28.0 Å². The molecule has 1 saturated heterocycles. The topological polar surface area (TPSA) is 84.9 Å². The van der Waals surface area contributed by atoms with Gasteiger partial charge in [-0.2, -0.15) is 4.31 Å². The lowest BCUT2D eigenvalue weighted by atomic mass is 10.2. The molecule has 0 radical (unpaired) electrons. The maximum atomic E-state index is 12.6. The highest BCUT2D eigenvalue weighted by molar-refractivity contribution is 7.89. The van der Waals surface area contributed by atoms with E-state index in [0.717, 1.165) is 12.1 Å². The second-order valence-corrected chi connectivity index (χ2v) is 8.35. The number of sulfonamides is 1. The first-order valence-corrected chi connectivity index (χ1v) is 10.4. The molecule has 162 valence electrons. The maximum absolute atomic E-state index is 12.6. The van der Waals surface area contributed by atoms with E-state index in [1.807, 2.05) is 0 Å². The summed E-state index contributed by atoms with van der Waals surface area (Å²) in [6.45, 7) is 1.43. The number of rotatable bonds is 6. The highest BCUT2D eigenvalue weighted by Crippen LogP contribution is 2.23. The minimum atomic E-state index is -4.80. The van der Waals surface area contributed by atoms with Gasteiger partial charge in [-0.1, -0.05) is 12.1 Å². The monoisotopic (exact) mass is 444 g/mol. The number of nitrogens with zero attached hydrogens (tertiary/aromatic N) is 1. The molecule has 2 aromatic carbocycles. The number of ether oxygens (including phenoxy) is 2. The van der Waals surface area contributed by atoms with Crippen LogP contribution in [0.5, 0.6) is 5.75 Å². The summed E-state index contributed by atoms with van der Waals surface area (Å²) in [4.78, 5) is 12.3. The number of hydrogen-bond acceptors (Lipinski definition) is 5. The second-order valence-electron chi connectivity index (χ2n) is 6.42. The molecule has 1 N–H and O–H groups in total. The molecule has 1 heterocycles. The Morgan fingerprint density at radius 3 is 2.20 bits per heavy atom. The predicted octanol–water partition coefficient (Wildman–Crippen LogP) is 2.54. The summed E-state index contributed by atoms with van der Waals surface area (Å²) in [6.07, 6.45) is -4.80. The highest BCUT2D eigenvalue weighted by atomic mass is 32.2. The normalized spacial score (nSPS) is 15.6. The smallest absolute Gasteiger partial charge is 0.406 e. The van der Waals surface area contributed by atoms with Crippen molar-refractivity contribution in [3.63, 3.8) is 0 Å². The predicted molar refractivity (Wildman–Crippen MR) is 100 cm³/mol. The van der Waals surface area contributed by atoms with Gasteiger partial charge in [0.05, 0.1) is 18.1 Å². The van der Waals surface area contributed by atoms with Gasteiger partial charge >= 0.3 is 6.36 Å². The van der Waals surface area contributed by atoms with Crippen LogP contribution < -0.4 is 10.1 Å². The molecule has 1 fully saturated rings. The van der Waals surface area contributed by atoms with Gasteiger partial charge in [-0.05, 0) is 42.0 Å². The molecule has 1 amide bonds. The van der Waals surface area contributed by atoms with Gasteiger partial charge < -0.3 is 14.8 Å². The van der Waals surface area contributed by atoms with E-state index in [4.69, 9.17) is 4.74 Å². The molecule has 0 aliphatic carbocycles. The number of halogens is 3. The fraction of sp³-hybridized carbons (Fsp3) is 0.316. The Kier molecular flexibility index (Phi) is 6.64. The lowest BCUT2D eigenvalue weighted by Crippen LogP contribution is -2.40. The molecule has 0 saturated carbocycles. The van der Waals surface area contributed by atoms with Crippen LogP contribution in [0.3, 0.4) is 0 Å². The van der Waals surface area contributed by atoms with Crippen molar-refractivity contribution in [2.75, 3.05) is 26.3 Å². The first-order valence-electron chi connectivity index (χ1n) is 8.96. The average molecular weight is 444 g/mol. The van der Waals surface area contributed by atoms with Crippen molar-refractivity contribution in [1.29, 1.82) is 0 Å². The Bertz CT molecular complexity index is 971. The molecular weight excluding hydrogens is 425 g/mol. The lowest BCUT2D eigenvalue weighted by Gasteiger charge is -2.26. The molecule has 0 unspecified atom stereocenters. The highest BCUT2D eigenvalue weighted by Gasteiger charge is 2.31. The Balaban J connectivity index is 1.57. The van der Waals surface area contributed by atoms with Crippen LogP contribution in [0.4, 0.5) is 13.2 Å². The van der Waals surface area contributed by atoms with E-state index in [0.29, 0.717) is 31.9 Å². The number of nitrogens with one attached hydrogen (secondary N) is 1. The summed E-state index contributed by atoms with van der Waals surface area (Å²) in [7, 11) is -3.60. The summed E-state index contributed by atoms with van der Waals surface area (Å²) in [5, 5.41) is 2.63. The number of carbonyl (C=O) groups excluding carboxylic acids is 1. The van der Waals surface area contributed by atoms with Gasteiger partial charge in [0.15, 0.2) is 0 Å². The fourth-order valence-corrected chi connectivity index (χ4v) is 4.22. The number of alkyl halides is 3. The van der Waals surface area contributed by atoms with Crippen LogP contribution in [0.2, 0.25) is 0 Å². The summed E-state index contributed by atoms with van der Waals surface area (Å²) in [5.74, 6) is -0.908. The minimum absolute atomic E-state index is 0.123. The van der Waals surface area contributed by atoms with E-state index >= 15 is 0 Å². The fourth-order valence-electron chi connectivity index (χ4n) is 2.81. The SMILES string of the molecule is O=C(NCc1ccc(S(=O)(=O)N2CCOCC2)cc1)c1ccc(OC(F)(F)F)cc1. The van der Waals surface area contributed by atoms with Gasteiger partial charge in [0.2, 0.25) is 10.0 Å². The molecule has 11 heteroatoms. The third-order valence-electron chi connectivity index (χ3n) is 4.33. The van der Waals surface area contributed by atoms with Crippen LogP contribution in [-0.4, -0.2) is 51.3 Å².